The van der Waals surface area contributed by atoms with Crippen LogP contribution in [0.15, 0.2) is 51.4 Å². The van der Waals surface area contributed by atoms with Crippen molar-refractivity contribution in [2.75, 3.05) is 0 Å². The molecule has 102 valence electrons. The van der Waals surface area contributed by atoms with E-state index in [0.29, 0.717) is 5.02 Å². The number of halogens is 2. The minimum absolute atomic E-state index is 0.309. The van der Waals surface area contributed by atoms with Gasteiger partial charge in [0.1, 0.15) is 11.3 Å². The number of furan rings is 1. The molecular weight excluding hydrogens is 338 g/mol. The third-order valence-electron chi connectivity index (χ3n) is 3.46. The lowest BCUT2D eigenvalue weighted by molar-refractivity contribution is 0.520. The third kappa shape index (κ3) is 2.26. The SMILES string of the molecule is Cc1c(C(N)c2ccccc2Br)oc2ccc(Cl)cc12. The Hall–Kier alpha value is -1.29. The van der Waals surface area contributed by atoms with Gasteiger partial charge in [0.25, 0.3) is 0 Å². The predicted octanol–water partition coefficient (Wildman–Crippen LogP) is 5.21. The summed E-state index contributed by atoms with van der Waals surface area (Å²) in [5.74, 6) is 0.772. The van der Waals surface area contributed by atoms with Crippen molar-refractivity contribution in [3.05, 3.63) is 68.8 Å². The lowest BCUT2D eigenvalue weighted by Gasteiger charge is -2.12. The molecule has 1 unspecified atom stereocenters. The molecule has 2 nitrogen and oxygen atoms in total. The monoisotopic (exact) mass is 349 g/mol. The minimum Gasteiger partial charge on any atom is -0.459 e. The Morgan fingerprint density at radius 1 is 1.20 bits per heavy atom. The van der Waals surface area contributed by atoms with E-state index in [9.17, 15) is 0 Å². The summed E-state index contributed by atoms with van der Waals surface area (Å²) in [5.41, 5.74) is 9.21. The smallest absolute Gasteiger partial charge is 0.134 e. The number of hydrogen-bond donors (Lipinski definition) is 1. The van der Waals surface area contributed by atoms with Gasteiger partial charge in [0.05, 0.1) is 6.04 Å². The molecule has 3 rings (SSSR count). The van der Waals surface area contributed by atoms with Gasteiger partial charge in [0.2, 0.25) is 0 Å². The van der Waals surface area contributed by atoms with E-state index in [1.165, 1.54) is 0 Å². The summed E-state index contributed by atoms with van der Waals surface area (Å²) in [6.45, 7) is 2.01. The summed E-state index contributed by atoms with van der Waals surface area (Å²) >= 11 is 9.57. The van der Waals surface area contributed by atoms with Gasteiger partial charge in [-0.2, -0.15) is 0 Å². The Morgan fingerprint density at radius 2 is 1.95 bits per heavy atom. The Morgan fingerprint density at radius 3 is 2.70 bits per heavy atom. The second-order valence-corrected chi connectivity index (χ2v) is 6.02. The number of nitrogens with two attached hydrogens (primary N) is 1. The van der Waals surface area contributed by atoms with Crippen molar-refractivity contribution in [3.63, 3.8) is 0 Å². The Bertz CT molecular complexity index is 781. The van der Waals surface area contributed by atoms with Crippen molar-refractivity contribution < 1.29 is 4.42 Å². The van der Waals surface area contributed by atoms with Gasteiger partial charge in [0.15, 0.2) is 0 Å². The number of aryl methyl sites for hydroxylation is 1. The quantitative estimate of drug-likeness (QED) is 0.689. The molecule has 0 saturated heterocycles. The predicted molar refractivity (Wildman–Crippen MR) is 86.1 cm³/mol. The van der Waals surface area contributed by atoms with Crippen LogP contribution in [-0.4, -0.2) is 0 Å². The highest BCUT2D eigenvalue weighted by atomic mass is 79.9. The van der Waals surface area contributed by atoms with Gasteiger partial charge < -0.3 is 10.2 Å². The van der Waals surface area contributed by atoms with Crippen molar-refractivity contribution in [3.8, 4) is 0 Å². The minimum atomic E-state index is -0.309. The lowest BCUT2D eigenvalue weighted by Crippen LogP contribution is -2.12. The molecule has 2 N–H and O–H groups in total. The zero-order valence-electron chi connectivity index (χ0n) is 10.9. The largest absolute Gasteiger partial charge is 0.459 e. The zero-order chi connectivity index (χ0) is 14.3. The third-order valence-corrected chi connectivity index (χ3v) is 4.42. The van der Waals surface area contributed by atoms with E-state index in [-0.39, 0.29) is 6.04 Å². The molecule has 4 heteroatoms. The standard InChI is InChI=1S/C16H13BrClNO/c1-9-12-8-10(18)6-7-14(12)20-16(9)15(19)11-4-2-3-5-13(11)17/h2-8,15H,19H2,1H3. The molecule has 1 aromatic heterocycles. The normalized spacial score (nSPS) is 12.8. The van der Waals surface area contributed by atoms with Gasteiger partial charge >= 0.3 is 0 Å². The van der Waals surface area contributed by atoms with Crippen LogP contribution in [-0.2, 0) is 0 Å². The average molecular weight is 351 g/mol. The second-order valence-electron chi connectivity index (χ2n) is 4.73. The number of rotatable bonds is 2. The Balaban J connectivity index is 2.15. The van der Waals surface area contributed by atoms with Crippen LogP contribution in [0.4, 0.5) is 0 Å². The molecule has 3 aromatic rings. The van der Waals surface area contributed by atoms with Crippen LogP contribution < -0.4 is 5.73 Å². The van der Waals surface area contributed by atoms with Gasteiger partial charge in [0, 0.05) is 20.4 Å². The maximum Gasteiger partial charge on any atom is 0.134 e. The summed E-state index contributed by atoms with van der Waals surface area (Å²) < 4.78 is 6.90. The van der Waals surface area contributed by atoms with E-state index in [1.807, 2.05) is 49.4 Å². The van der Waals surface area contributed by atoms with Crippen LogP contribution in [0.5, 0.6) is 0 Å². The van der Waals surface area contributed by atoms with Crippen molar-refractivity contribution in [2.24, 2.45) is 5.73 Å². The Labute approximate surface area is 130 Å². The van der Waals surface area contributed by atoms with Gasteiger partial charge in [-0.15, -0.1) is 0 Å². The molecule has 20 heavy (non-hydrogen) atoms. The molecule has 0 bridgehead atoms. The maximum atomic E-state index is 6.36. The summed E-state index contributed by atoms with van der Waals surface area (Å²) in [5, 5.41) is 1.71. The highest BCUT2D eigenvalue weighted by Crippen LogP contribution is 2.34. The fraction of sp³-hybridized carbons (Fsp3) is 0.125. The first-order valence-electron chi connectivity index (χ1n) is 6.26. The molecule has 2 aromatic carbocycles. The molecule has 0 fully saturated rings. The van der Waals surface area contributed by atoms with E-state index >= 15 is 0 Å². The molecular formula is C16H13BrClNO. The van der Waals surface area contributed by atoms with Gasteiger partial charge in [-0.1, -0.05) is 45.7 Å². The zero-order valence-corrected chi connectivity index (χ0v) is 13.2. The fourth-order valence-electron chi connectivity index (χ4n) is 2.38. The first-order chi connectivity index (χ1) is 9.58. The molecule has 0 saturated carbocycles. The molecule has 0 aliphatic heterocycles. The highest BCUT2D eigenvalue weighted by Gasteiger charge is 2.20. The molecule has 0 radical (unpaired) electrons. The van der Waals surface area contributed by atoms with Crippen LogP contribution in [0.25, 0.3) is 11.0 Å². The average Bonchev–Trinajstić information content (AvgIpc) is 2.76. The number of benzene rings is 2. The topological polar surface area (TPSA) is 39.2 Å². The fourth-order valence-corrected chi connectivity index (χ4v) is 3.08. The summed E-state index contributed by atoms with van der Waals surface area (Å²) in [4.78, 5) is 0. The maximum absolute atomic E-state index is 6.36. The van der Waals surface area contributed by atoms with Crippen LogP contribution in [0.3, 0.4) is 0 Å². The molecule has 1 atom stereocenters. The first kappa shape index (κ1) is 13.7. The van der Waals surface area contributed by atoms with E-state index in [1.54, 1.807) is 0 Å². The summed E-state index contributed by atoms with van der Waals surface area (Å²) in [6, 6.07) is 13.2. The lowest BCUT2D eigenvalue weighted by atomic mass is 10.0. The second kappa shape index (κ2) is 5.24. The molecule has 0 spiro atoms. The van der Waals surface area contributed by atoms with Crippen LogP contribution in [0.2, 0.25) is 5.02 Å². The first-order valence-corrected chi connectivity index (χ1v) is 7.43. The van der Waals surface area contributed by atoms with E-state index < -0.39 is 0 Å². The molecule has 0 aliphatic rings. The van der Waals surface area contributed by atoms with Crippen molar-refractivity contribution in [1.29, 1.82) is 0 Å². The van der Waals surface area contributed by atoms with Crippen molar-refractivity contribution >= 4 is 38.5 Å². The van der Waals surface area contributed by atoms with Crippen LogP contribution in [0, 0.1) is 6.92 Å². The van der Waals surface area contributed by atoms with Crippen LogP contribution >= 0.6 is 27.5 Å². The molecule has 0 amide bonds. The summed E-state index contributed by atoms with van der Waals surface area (Å²) in [6.07, 6.45) is 0. The van der Waals surface area contributed by atoms with Gasteiger partial charge in [-0.3, -0.25) is 0 Å². The molecule has 1 heterocycles. The van der Waals surface area contributed by atoms with Gasteiger partial charge in [-0.05, 0) is 36.8 Å². The van der Waals surface area contributed by atoms with E-state index in [0.717, 1.165) is 32.3 Å². The molecule has 0 aliphatic carbocycles. The van der Waals surface area contributed by atoms with Crippen LogP contribution in [0.1, 0.15) is 22.9 Å². The van der Waals surface area contributed by atoms with Gasteiger partial charge in [-0.25, -0.2) is 0 Å². The van der Waals surface area contributed by atoms with Crippen molar-refractivity contribution in [2.45, 2.75) is 13.0 Å². The van der Waals surface area contributed by atoms with E-state index in [4.69, 9.17) is 21.8 Å². The summed E-state index contributed by atoms with van der Waals surface area (Å²) in [7, 11) is 0. The number of fused-ring (bicyclic) bond motifs is 1. The van der Waals surface area contributed by atoms with E-state index in [2.05, 4.69) is 15.9 Å². The highest BCUT2D eigenvalue weighted by molar-refractivity contribution is 9.10. The Kier molecular flexibility index (Phi) is 3.59. The number of hydrogen-bond acceptors (Lipinski definition) is 2. The van der Waals surface area contributed by atoms with Crippen molar-refractivity contribution in [1.82, 2.24) is 0 Å².